The molecule has 0 aromatic heterocycles. The Morgan fingerprint density at radius 1 is 1.35 bits per heavy atom. The van der Waals surface area contributed by atoms with E-state index >= 15 is 0 Å². The van der Waals surface area contributed by atoms with E-state index in [-0.39, 0.29) is 23.1 Å². The molecule has 0 spiro atoms. The summed E-state index contributed by atoms with van der Waals surface area (Å²) in [4.78, 5) is 26.1. The molecule has 20 heavy (non-hydrogen) atoms. The van der Waals surface area contributed by atoms with Crippen LogP contribution in [0.25, 0.3) is 0 Å². The van der Waals surface area contributed by atoms with Gasteiger partial charge in [0.25, 0.3) is 5.91 Å². The third kappa shape index (κ3) is 2.95. The van der Waals surface area contributed by atoms with Crippen molar-refractivity contribution in [3.05, 3.63) is 33.8 Å². The first kappa shape index (κ1) is 15.2. The van der Waals surface area contributed by atoms with Crippen LogP contribution < -0.4 is 0 Å². The molecule has 1 aliphatic rings. The van der Waals surface area contributed by atoms with E-state index in [0.717, 1.165) is 10.0 Å². The van der Waals surface area contributed by atoms with Crippen molar-refractivity contribution in [3.63, 3.8) is 0 Å². The Labute approximate surface area is 128 Å². The van der Waals surface area contributed by atoms with Crippen LogP contribution in [0.3, 0.4) is 0 Å². The highest BCUT2D eigenvalue weighted by molar-refractivity contribution is 9.10. The summed E-state index contributed by atoms with van der Waals surface area (Å²) in [6.07, 6.45) is 0.457. The molecule has 1 fully saturated rings. The smallest absolute Gasteiger partial charge is 0.261 e. The van der Waals surface area contributed by atoms with Gasteiger partial charge < -0.3 is 0 Å². The van der Waals surface area contributed by atoms with Crippen molar-refractivity contribution < 1.29 is 9.59 Å². The number of likely N-dealkylation sites (tertiary alicyclic amines) is 1. The van der Waals surface area contributed by atoms with Gasteiger partial charge in [0.05, 0.1) is 5.56 Å². The molecule has 1 aromatic carbocycles. The summed E-state index contributed by atoms with van der Waals surface area (Å²) in [6, 6.07) is 5.61. The van der Waals surface area contributed by atoms with Crippen LogP contribution in [0.1, 0.15) is 43.1 Å². The van der Waals surface area contributed by atoms with E-state index < -0.39 is 0 Å². The Morgan fingerprint density at radius 2 is 2.00 bits per heavy atom. The highest BCUT2D eigenvalue weighted by atomic mass is 79.9. The second-order valence-electron chi connectivity index (χ2n) is 6.56. The molecule has 1 saturated heterocycles. The molecule has 1 heterocycles. The molecule has 0 bridgehead atoms. The summed E-state index contributed by atoms with van der Waals surface area (Å²) in [5.41, 5.74) is 1.61. The van der Waals surface area contributed by atoms with Gasteiger partial charge in [0.1, 0.15) is 0 Å². The average Bonchev–Trinajstić information content (AvgIpc) is 2.73. The molecule has 1 unspecified atom stereocenters. The molecule has 1 atom stereocenters. The van der Waals surface area contributed by atoms with Crippen molar-refractivity contribution >= 4 is 27.7 Å². The second kappa shape index (κ2) is 5.32. The van der Waals surface area contributed by atoms with Gasteiger partial charge in [0.2, 0.25) is 5.91 Å². The first-order valence-electron chi connectivity index (χ1n) is 6.81. The van der Waals surface area contributed by atoms with Gasteiger partial charge in [-0.15, -0.1) is 0 Å². The first-order valence-corrected chi connectivity index (χ1v) is 7.60. The highest BCUT2D eigenvalue weighted by Gasteiger charge is 2.40. The maximum atomic E-state index is 12.6. The molecule has 0 aliphatic carbocycles. The molecule has 0 N–H and O–H groups in total. The molecule has 3 nitrogen and oxygen atoms in total. The Morgan fingerprint density at radius 3 is 2.55 bits per heavy atom. The molecule has 1 aliphatic heterocycles. The van der Waals surface area contributed by atoms with Crippen LogP contribution in [0.15, 0.2) is 22.7 Å². The minimum absolute atomic E-state index is 0.0362. The van der Waals surface area contributed by atoms with Crippen LogP contribution in [0.5, 0.6) is 0 Å². The molecule has 108 valence electrons. The summed E-state index contributed by atoms with van der Waals surface area (Å²) in [5, 5.41) is 0. The number of carbonyl (C=O) groups is 2. The number of imide groups is 1. The number of hydrogen-bond donors (Lipinski definition) is 0. The molecule has 4 heteroatoms. The molecule has 0 radical (unpaired) electrons. The van der Waals surface area contributed by atoms with Crippen LogP contribution >= 0.6 is 15.9 Å². The van der Waals surface area contributed by atoms with Gasteiger partial charge in [0.15, 0.2) is 0 Å². The van der Waals surface area contributed by atoms with Crippen molar-refractivity contribution in [2.24, 2.45) is 11.3 Å². The number of hydrogen-bond acceptors (Lipinski definition) is 2. The second-order valence-corrected chi connectivity index (χ2v) is 7.41. The fourth-order valence-electron chi connectivity index (χ4n) is 2.43. The van der Waals surface area contributed by atoms with Gasteiger partial charge in [-0.1, -0.05) is 32.4 Å². The van der Waals surface area contributed by atoms with Gasteiger partial charge in [-0.3, -0.25) is 14.5 Å². The minimum Gasteiger partial charge on any atom is -0.278 e. The zero-order chi connectivity index (χ0) is 15.1. The maximum absolute atomic E-state index is 12.6. The monoisotopic (exact) mass is 337 g/mol. The normalized spacial score (nSPS) is 19.6. The number of carbonyl (C=O) groups excluding carboxylic acids is 2. The third-order valence-electron chi connectivity index (χ3n) is 3.95. The number of rotatable bonds is 1. The zero-order valence-electron chi connectivity index (χ0n) is 12.4. The minimum atomic E-state index is -0.197. The largest absolute Gasteiger partial charge is 0.278 e. The molecular formula is C16H20BrNO2. The number of aryl methyl sites for hydroxylation is 1. The van der Waals surface area contributed by atoms with Gasteiger partial charge >= 0.3 is 0 Å². The van der Waals surface area contributed by atoms with E-state index in [4.69, 9.17) is 0 Å². The molecule has 0 saturated carbocycles. The zero-order valence-corrected chi connectivity index (χ0v) is 14.0. The average molecular weight is 338 g/mol. The number of amides is 2. The number of nitrogens with zero attached hydrogens (tertiary/aromatic N) is 1. The van der Waals surface area contributed by atoms with Crippen LogP contribution in [0.2, 0.25) is 0 Å². The van der Waals surface area contributed by atoms with E-state index in [1.165, 1.54) is 4.90 Å². The highest BCUT2D eigenvalue weighted by Crippen LogP contribution is 2.35. The molecule has 1 aromatic rings. The summed E-state index contributed by atoms with van der Waals surface area (Å²) in [7, 11) is 0. The first-order chi connectivity index (χ1) is 9.20. The van der Waals surface area contributed by atoms with Crippen LogP contribution in [0, 0.1) is 18.3 Å². The predicted octanol–water partition coefficient (Wildman–Crippen LogP) is 3.79. The maximum Gasteiger partial charge on any atom is 0.261 e. The van der Waals surface area contributed by atoms with E-state index in [1.54, 1.807) is 0 Å². The van der Waals surface area contributed by atoms with E-state index in [2.05, 4.69) is 36.7 Å². The topological polar surface area (TPSA) is 37.4 Å². The third-order valence-corrected chi connectivity index (χ3v) is 4.64. The Balaban J connectivity index is 2.26. The summed E-state index contributed by atoms with van der Waals surface area (Å²) in [6.45, 7) is 8.79. The predicted molar refractivity (Wildman–Crippen MR) is 82.5 cm³/mol. The number of halogens is 1. The van der Waals surface area contributed by atoms with Crippen molar-refractivity contribution in [1.82, 2.24) is 4.90 Å². The standard InChI is InChI=1S/C16H20BrNO2/c1-10-5-6-13(17)12(7-10)15(20)18-9-11(8-14(18)19)16(2,3)4/h5-7,11H,8-9H2,1-4H3. The fourth-order valence-corrected chi connectivity index (χ4v) is 2.85. The summed E-state index contributed by atoms with van der Waals surface area (Å²) in [5.74, 6) is -0.0387. The Hall–Kier alpha value is -1.16. The van der Waals surface area contributed by atoms with E-state index in [1.807, 2.05) is 25.1 Å². The Bertz CT molecular complexity index is 560. The van der Waals surface area contributed by atoms with Crippen LogP contribution in [0.4, 0.5) is 0 Å². The summed E-state index contributed by atoms with van der Waals surface area (Å²) < 4.78 is 0.736. The lowest BCUT2D eigenvalue weighted by Gasteiger charge is -2.26. The van der Waals surface area contributed by atoms with Crippen LogP contribution in [-0.4, -0.2) is 23.3 Å². The lowest BCUT2D eigenvalue weighted by molar-refractivity contribution is -0.125. The van der Waals surface area contributed by atoms with Crippen molar-refractivity contribution in [3.8, 4) is 0 Å². The van der Waals surface area contributed by atoms with Crippen molar-refractivity contribution in [2.75, 3.05) is 6.54 Å². The quantitative estimate of drug-likeness (QED) is 0.731. The van der Waals surface area contributed by atoms with Gasteiger partial charge in [-0.25, -0.2) is 0 Å². The lowest BCUT2D eigenvalue weighted by Crippen LogP contribution is -2.33. The molecule has 2 amide bonds. The van der Waals surface area contributed by atoms with Gasteiger partial charge in [-0.05, 0) is 46.3 Å². The van der Waals surface area contributed by atoms with Gasteiger partial charge in [0, 0.05) is 17.4 Å². The summed E-state index contributed by atoms with van der Waals surface area (Å²) >= 11 is 3.39. The van der Waals surface area contributed by atoms with Crippen LogP contribution in [-0.2, 0) is 4.79 Å². The number of benzene rings is 1. The lowest BCUT2D eigenvalue weighted by atomic mass is 9.80. The van der Waals surface area contributed by atoms with E-state index in [9.17, 15) is 9.59 Å². The molecular weight excluding hydrogens is 318 g/mol. The Kier molecular flexibility index (Phi) is 4.05. The van der Waals surface area contributed by atoms with Crippen molar-refractivity contribution in [2.45, 2.75) is 34.1 Å². The molecule has 2 rings (SSSR count). The van der Waals surface area contributed by atoms with Crippen molar-refractivity contribution in [1.29, 1.82) is 0 Å². The fraction of sp³-hybridized carbons (Fsp3) is 0.500. The van der Waals surface area contributed by atoms with Gasteiger partial charge in [-0.2, -0.15) is 0 Å². The van der Waals surface area contributed by atoms with E-state index in [0.29, 0.717) is 18.5 Å². The SMILES string of the molecule is Cc1ccc(Br)c(C(=O)N2CC(C(C)(C)C)CC2=O)c1.